The lowest BCUT2D eigenvalue weighted by Crippen LogP contribution is -2.46. The first kappa shape index (κ1) is 19.5. The Kier molecular flexibility index (Phi) is 5.35. The first-order chi connectivity index (χ1) is 14.6. The number of methoxy groups -OCH3 is 1. The van der Waals surface area contributed by atoms with Crippen LogP contribution in [0.4, 0.5) is 0 Å². The van der Waals surface area contributed by atoms with E-state index in [1.807, 2.05) is 72.8 Å². The van der Waals surface area contributed by atoms with Gasteiger partial charge in [0.2, 0.25) is 5.91 Å². The molecule has 0 heterocycles. The van der Waals surface area contributed by atoms with Gasteiger partial charge in [-0.05, 0) is 39.2 Å². The summed E-state index contributed by atoms with van der Waals surface area (Å²) in [5.41, 5.74) is 6.97. The third-order valence-corrected chi connectivity index (χ3v) is 5.26. The molecule has 0 aliphatic rings. The summed E-state index contributed by atoms with van der Waals surface area (Å²) in [5, 5.41) is 6.42. The molecule has 0 radical (unpaired) electrons. The third kappa shape index (κ3) is 3.70. The van der Waals surface area contributed by atoms with Crippen molar-refractivity contribution < 1.29 is 14.3 Å². The predicted molar refractivity (Wildman–Crippen MR) is 119 cm³/mol. The highest BCUT2D eigenvalue weighted by atomic mass is 16.5. The van der Waals surface area contributed by atoms with Crippen molar-refractivity contribution in [3.63, 3.8) is 0 Å². The van der Waals surface area contributed by atoms with Gasteiger partial charge in [0.25, 0.3) is 5.91 Å². The minimum atomic E-state index is -0.869. The highest BCUT2D eigenvalue weighted by Crippen LogP contribution is 2.28. The fraction of sp³-hybridized carbons (Fsp3) is 0.120. The van der Waals surface area contributed by atoms with E-state index in [0.29, 0.717) is 11.3 Å². The number of ether oxygens (including phenoxy) is 1. The van der Waals surface area contributed by atoms with E-state index < -0.39 is 11.9 Å². The third-order valence-electron chi connectivity index (χ3n) is 5.26. The van der Waals surface area contributed by atoms with Gasteiger partial charge >= 0.3 is 0 Å². The fourth-order valence-corrected chi connectivity index (χ4v) is 3.80. The molecule has 0 aliphatic carbocycles. The Morgan fingerprint density at radius 3 is 2.07 bits per heavy atom. The molecule has 4 rings (SSSR count). The molecule has 0 spiro atoms. The molecule has 3 N–H and O–H groups in total. The number of carbonyl (C=O) groups is 2. The van der Waals surface area contributed by atoms with E-state index in [1.165, 1.54) is 0 Å². The van der Waals surface area contributed by atoms with Crippen LogP contribution in [0, 0.1) is 0 Å². The van der Waals surface area contributed by atoms with Crippen LogP contribution in [-0.2, 0) is 11.2 Å². The number of hydrogen-bond acceptors (Lipinski definition) is 3. The minimum Gasteiger partial charge on any atom is -0.496 e. The van der Waals surface area contributed by atoms with Gasteiger partial charge in [0.15, 0.2) is 0 Å². The van der Waals surface area contributed by atoms with Crippen LogP contribution in [0.15, 0.2) is 78.9 Å². The van der Waals surface area contributed by atoms with Crippen molar-refractivity contribution in [3.05, 3.63) is 90.0 Å². The molecule has 0 fully saturated rings. The molecule has 0 unspecified atom stereocenters. The Hall–Kier alpha value is -3.86. The monoisotopic (exact) mass is 398 g/mol. The molecule has 150 valence electrons. The summed E-state index contributed by atoms with van der Waals surface area (Å²) in [5.74, 6) is -0.283. The van der Waals surface area contributed by atoms with E-state index in [2.05, 4.69) is 11.4 Å². The molecule has 0 saturated carbocycles. The molecule has 5 heteroatoms. The summed E-state index contributed by atoms with van der Waals surface area (Å²) in [6.07, 6.45) is 0.244. The van der Waals surface area contributed by atoms with Gasteiger partial charge in [0.05, 0.1) is 12.7 Å². The van der Waals surface area contributed by atoms with E-state index in [4.69, 9.17) is 10.5 Å². The predicted octanol–water partition coefficient (Wildman–Crippen LogP) is 3.83. The van der Waals surface area contributed by atoms with Gasteiger partial charge in [-0.2, -0.15) is 0 Å². The van der Waals surface area contributed by atoms with Crippen molar-refractivity contribution in [1.29, 1.82) is 0 Å². The summed E-state index contributed by atoms with van der Waals surface area (Å²) >= 11 is 0. The van der Waals surface area contributed by atoms with Crippen molar-refractivity contribution in [2.45, 2.75) is 12.5 Å². The number of hydrogen-bond donors (Lipinski definition) is 2. The van der Waals surface area contributed by atoms with E-state index >= 15 is 0 Å². The number of carbonyl (C=O) groups excluding carboxylic acids is 2. The van der Waals surface area contributed by atoms with E-state index in [-0.39, 0.29) is 12.3 Å². The maximum absolute atomic E-state index is 13.4. The fourth-order valence-electron chi connectivity index (χ4n) is 3.80. The molecule has 0 saturated heterocycles. The van der Waals surface area contributed by atoms with Gasteiger partial charge in [-0.3, -0.25) is 9.59 Å². The molecular formula is C25H22N2O3. The van der Waals surface area contributed by atoms with E-state index in [1.54, 1.807) is 7.11 Å². The number of nitrogens with one attached hydrogen (secondary N) is 1. The molecule has 5 nitrogen and oxygen atoms in total. The zero-order valence-corrected chi connectivity index (χ0v) is 16.6. The molecule has 1 atom stereocenters. The van der Waals surface area contributed by atoms with Crippen LogP contribution >= 0.6 is 0 Å². The average molecular weight is 398 g/mol. The van der Waals surface area contributed by atoms with Crippen molar-refractivity contribution in [3.8, 4) is 5.75 Å². The Labute approximate surface area is 174 Å². The Bertz CT molecular complexity index is 1200. The number of nitrogens with two attached hydrogens (primary N) is 1. The van der Waals surface area contributed by atoms with Gasteiger partial charge in [-0.1, -0.05) is 66.7 Å². The van der Waals surface area contributed by atoms with Crippen LogP contribution in [0.1, 0.15) is 15.9 Å². The second-order valence-corrected chi connectivity index (χ2v) is 7.14. The number of amides is 2. The lowest BCUT2D eigenvalue weighted by Gasteiger charge is -2.19. The van der Waals surface area contributed by atoms with Crippen molar-refractivity contribution >= 4 is 33.4 Å². The molecule has 0 aromatic heterocycles. The van der Waals surface area contributed by atoms with Crippen LogP contribution in [0.25, 0.3) is 21.5 Å². The minimum absolute atomic E-state index is 0.244. The number of fused-ring (bicyclic) bond motifs is 2. The standard InChI is InChI=1S/C25H22N2O3/c1-30-22-13-7-4-10-18(22)15-21(24(26)28)27-25(29)23-19-11-5-2-8-16(19)14-17-9-3-6-12-20(17)23/h2-14,21H,15H2,1H3,(H2,26,28)(H,27,29)/t21-/m1/s1. The topological polar surface area (TPSA) is 81.4 Å². The molecular weight excluding hydrogens is 376 g/mol. The molecule has 4 aromatic rings. The second-order valence-electron chi connectivity index (χ2n) is 7.14. The lowest BCUT2D eigenvalue weighted by atomic mass is 9.95. The number of rotatable bonds is 6. The van der Waals surface area contributed by atoms with E-state index in [9.17, 15) is 9.59 Å². The Morgan fingerprint density at radius 1 is 0.900 bits per heavy atom. The first-order valence-electron chi connectivity index (χ1n) is 9.71. The lowest BCUT2D eigenvalue weighted by molar-refractivity contribution is -0.119. The number of primary amides is 1. The molecule has 30 heavy (non-hydrogen) atoms. The summed E-state index contributed by atoms with van der Waals surface area (Å²) in [6.45, 7) is 0. The highest BCUT2D eigenvalue weighted by Gasteiger charge is 2.23. The zero-order chi connectivity index (χ0) is 21.1. The second kappa shape index (κ2) is 8.25. The van der Waals surface area contributed by atoms with Crippen molar-refractivity contribution in [1.82, 2.24) is 5.32 Å². The van der Waals surface area contributed by atoms with Gasteiger partial charge in [0, 0.05) is 6.42 Å². The summed E-state index contributed by atoms with van der Waals surface area (Å²) in [4.78, 5) is 25.5. The molecule has 2 amide bonds. The van der Waals surface area contributed by atoms with Gasteiger partial charge in [0.1, 0.15) is 11.8 Å². The van der Waals surface area contributed by atoms with Crippen LogP contribution < -0.4 is 15.8 Å². The smallest absolute Gasteiger partial charge is 0.253 e. The summed E-state index contributed by atoms with van der Waals surface area (Å²) in [6, 6.07) is 24.0. The molecule has 4 aromatic carbocycles. The number of benzene rings is 4. The Morgan fingerprint density at radius 2 is 1.47 bits per heavy atom. The van der Waals surface area contributed by atoms with Crippen LogP contribution in [0.5, 0.6) is 5.75 Å². The largest absolute Gasteiger partial charge is 0.496 e. The quantitative estimate of drug-likeness (QED) is 0.485. The van der Waals surface area contributed by atoms with Gasteiger partial charge in [-0.15, -0.1) is 0 Å². The van der Waals surface area contributed by atoms with Crippen LogP contribution in [0.3, 0.4) is 0 Å². The summed E-state index contributed by atoms with van der Waals surface area (Å²) < 4.78 is 5.37. The van der Waals surface area contributed by atoms with E-state index in [0.717, 1.165) is 27.1 Å². The maximum Gasteiger partial charge on any atom is 0.253 e. The van der Waals surface area contributed by atoms with Gasteiger partial charge < -0.3 is 15.8 Å². The highest BCUT2D eigenvalue weighted by molar-refractivity contribution is 6.18. The molecule has 0 bridgehead atoms. The van der Waals surface area contributed by atoms with Crippen LogP contribution in [0.2, 0.25) is 0 Å². The van der Waals surface area contributed by atoms with Gasteiger partial charge in [-0.25, -0.2) is 0 Å². The van der Waals surface area contributed by atoms with Crippen molar-refractivity contribution in [2.75, 3.05) is 7.11 Å². The van der Waals surface area contributed by atoms with Crippen LogP contribution in [-0.4, -0.2) is 25.0 Å². The zero-order valence-electron chi connectivity index (χ0n) is 16.6. The molecule has 0 aliphatic heterocycles. The summed E-state index contributed by atoms with van der Waals surface area (Å²) in [7, 11) is 1.57. The Balaban J connectivity index is 1.74. The maximum atomic E-state index is 13.4. The van der Waals surface area contributed by atoms with Crippen molar-refractivity contribution in [2.24, 2.45) is 5.73 Å². The normalized spacial score (nSPS) is 11.9. The average Bonchev–Trinajstić information content (AvgIpc) is 2.77. The SMILES string of the molecule is COc1ccccc1C[C@@H](NC(=O)c1c2ccccc2cc2ccccc12)C(N)=O. The first-order valence-corrected chi connectivity index (χ1v) is 9.71. The number of para-hydroxylation sites is 1.